The van der Waals surface area contributed by atoms with E-state index in [-0.39, 0.29) is 11.8 Å². The molecule has 0 aliphatic carbocycles. The van der Waals surface area contributed by atoms with E-state index >= 15 is 0 Å². The molecule has 0 saturated carbocycles. The van der Waals surface area contributed by atoms with E-state index in [1.54, 1.807) is 49.1 Å². The lowest BCUT2D eigenvalue weighted by Gasteiger charge is -2.10. The van der Waals surface area contributed by atoms with E-state index < -0.39 is 0 Å². The Kier molecular flexibility index (Phi) is 5.56. The van der Waals surface area contributed by atoms with Crippen LogP contribution in [0.3, 0.4) is 0 Å². The number of benzene rings is 1. The molecule has 0 radical (unpaired) electrons. The summed E-state index contributed by atoms with van der Waals surface area (Å²) in [5, 5.41) is 6.01. The van der Waals surface area contributed by atoms with Gasteiger partial charge in [0.25, 0.3) is 5.91 Å². The number of amides is 1. The standard InChI is InChI=1S/C22H18N6O2/c1-30-21-18(8-4-11-24-21)20(29)26-16-6-2-7-17(13-16)27-22-25-12-9-19(28-22)15-5-3-10-23-14-15/h2-14H,1H3,(H,26,29)(H,25,27,28). The van der Waals surface area contributed by atoms with Crippen molar-refractivity contribution in [3.8, 4) is 17.1 Å². The average molecular weight is 398 g/mol. The Bertz CT molecular complexity index is 1170. The van der Waals surface area contributed by atoms with E-state index in [0.29, 0.717) is 17.2 Å². The molecule has 0 unspecified atom stereocenters. The number of aromatic nitrogens is 4. The van der Waals surface area contributed by atoms with Crippen molar-refractivity contribution in [3.63, 3.8) is 0 Å². The maximum atomic E-state index is 12.6. The zero-order chi connectivity index (χ0) is 20.8. The SMILES string of the molecule is COc1ncccc1C(=O)Nc1cccc(Nc2nccc(-c3cccnc3)n2)c1. The van der Waals surface area contributed by atoms with Gasteiger partial charge in [-0.05, 0) is 48.5 Å². The molecule has 0 spiro atoms. The highest BCUT2D eigenvalue weighted by atomic mass is 16.5. The Morgan fingerprint density at radius 1 is 0.933 bits per heavy atom. The Morgan fingerprint density at radius 3 is 2.63 bits per heavy atom. The minimum absolute atomic E-state index is 0.268. The lowest BCUT2D eigenvalue weighted by Crippen LogP contribution is -2.13. The number of pyridine rings is 2. The number of hydrogen-bond donors (Lipinski definition) is 2. The molecule has 0 atom stereocenters. The summed E-state index contributed by atoms with van der Waals surface area (Å²) < 4.78 is 5.15. The van der Waals surface area contributed by atoms with Crippen molar-refractivity contribution in [2.75, 3.05) is 17.7 Å². The van der Waals surface area contributed by atoms with Crippen LogP contribution in [0.2, 0.25) is 0 Å². The molecule has 0 saturated heterocycles. The highest BCUT2D eigenvalue weighted by molar-refractivity contribution is 6.06. The van der Waals surface area contributed by atoms with Gasteiger partial charge in [-0.15, -0.1) is 0 Å². The predicted octanol–water partition coefficient (Wildman–Crippen LogP) is 3.94. The van der Waals surface area contributed by atoms with Crippen LogP contribution in [0.15, 0.2) is 79.4 Å². The van der Waals surface area contributed by atoms with Gasteiger partial charge in [-0.2, -0.15) is 0 Å². The first-order valence-corrected chi connectivity index (χ1v) is 9.14. The fourth-order valence-corrected chi connectivity index (χ4v) is 2.82. The van der Waals surface area contributed by atoms with E-state index in [2.05, 4.69) is 30.6 Å². The van der Waals surface area contributed by atoms with Crippen LogP contribution in [0, 0.1) is 0 Å². The molecule has 0 aliphatic heterocycles. The van der Waals surface area contributed by atoms with Gasteiger partial charge in [-0.25, -0.2) is 15.0 Å². The number of anilines is 3. The minimum atomic E-state index is -0.313. The van der Waals surface area contributed by atoms with Crippen molar-refractivity contribution in [1.29, 1.82) is 0 Å². The first kappa shape index (κ1) is 19.0. The summed E-state index contributed by atoms with van der Waals surface area (Å²) in [6.07, 6.45) is 6.71. The van der Waals surface area contributed by atoms with Gasteiger partial charge in [0.2, 0.25) is 11.8 Å². The molecule has 0 aliphatic rings. The third-order valence-corrected chi connectivity index (χ3v) is 4.20. The molecule has 148 valence electrons. The summed E-state index contributed by atoms with van der Waals surface area (Å²) in [5.41, 5.74) is 3.35. The smallest absolute Gasteiger partial charge is 0.261 e. The van der Waals surface area contributed by atoms with Crippen LogP contribution in [-0.4, -0.2) is 33.0 Å². The second kappa shape index (κ2) is 8.78. The molecule has 2 N–H and O–H groups in total. The Morgan fingerprint density at radius 2 is 1.80 bits per heavy atom. The molecular weight excluding hydrogens is 380 g/mol. The molecule has 0 bridgehead atoms. The minimum Gasteiger partial charge on any atom is -0.480 e. The maximum Gasteiger partial charge on any atom is 0.261 e. The van der Waals surface area contributed by atoms with Crippen LogP contribution >= 0.6 is 0 Å². The van der Waals surface area contributed by atoms with Crippen LogP contribution in [0.25, 0.3) is 11.3 Å². The third kappa shape index (κ3) is 4.39. The third-order valence-electron chi connectivity index (χ3n) is 4.20. The Balaban J connectivity index is 1.51. The molecule has 3 aromatic heterocycles. The molecule has 1 amide bonds. The van der Waals surface area contributed by atoms with Gasteiger partial charge in [-0.3, -0.25) is 9.78 Å². The van der Waals surface area contributed by atoms with Gasteiger partial charge < -0.3 is 15.4 Å². The first-order valence-electron chi connectivity index (χ1n) is 9.14. The first-order chi connectivity index (χ1) is 14.7. The average Bonchev–Trinajstić information content (AvgIpc) is 2.80. The molecule has 0 fully saturated rings. The normalized spacial score (nSPS) is 10.3. The van der Waals surface area contributed by atoms with Crippen LogP contribution in [0.5, 0.6) is 5.88 Å². The van der Waals surface area contributed by atoms with E-state index in [1.165, 1.54) is 7.11 Å². The quantitative estimate of drug-likeness (QED) is 0.507. The van der Waals surface area contributed by atoms with Crippen LogP contribution in [0.1, 0.15) is 10.4 Å². The molecular formula is C22H18N6O2. The van der Waals surface area contributed by atoms with Crippen molar-refractivity contribution in [2.24, 2.45) is 0 Å². The summed E-state index contributed by atoms with van der Waals surface area (Å²) in [7, 11) is 1.48. The van der Waals surface area contributed by atoms with Crippen molar-refractivity contribution < 1.29 is 9.53 Å². The lowest BCUT2D eigenvalue weighted by atomic mass is 10.2. The number of rotatable bonds is 6. The number of hydrogen-bond acceptors (Lipinski definition) is 7. The molecule has 8 heteroatoms. The summed E-state index contributed by atoms with van der Waals surface area (Å²) in [4.78, 5) is 29.5. The lowest BCUT2D eigenvalue weighted by molar-refractivity contribution is 0.102. The summed E-state index contributed by atoms with van der Waals surface area (Å²) in [5.74, 6) is 0.394. The number of methoxy groups -OCH3 is 1. The topological polar surface area (TPSA) is 102 Å². The summed E-state index contributed by atoms with van der Waals surface area (Å²) in [6.45, 7) is 0. The van der Waals surface area contributed by atoms with E-state index in [4.69, 9.17) is 4.74 Å². The molecule has 4 aromatic rings. The van der Waals surface area contributed by atoms with Gasteiger partial charge in [0.15, 0.2) is 0 Å². The molecule has 4 rings (SSSR count). The largest absolute Gasteiger partial charge is 0.480 e. The molecule has 1 aromatic carbocycles. The van der Waals surface area contributed by atoms with Gasteiger partial charge in [-0.1, -0.05) is 6.07 Å². The van der Waals surface area contributed by atoms with Crippen molar-refractivity contribution >= 4 is 23.2 Å². The number of nitrogens with zero attached hydrogens (tertiary/aromatic N) is 4. The second-order valence-corrected chi connectivity index (χ2v) is 6.23. The molecule has 8 nitrogen and oxygen atoms in total. The predicted molar refractivity (Wildman–Crippen MR) is 114 cm³/mol. The van der Waals surface area contributed by atoms with Gasteiger partial charge >= 0.3 is 0 Å². The zero-order valence-corrected chi connectivity index (χ0v) is 16.1. The Hall–Kier alpha value is -4.33. The van der Waals surface area contributed by atoms with Gasteiger partial charge in [0, 0.05) is 41.7 Å². The fraction of sp³-hybridized carbons (Fsp3) is 0.0455. The van der Waals surface area contributed by atoms with Crippen molar-refractivity contribution in [2.45, 2.75) is 0 Å². The van der Waals surface area contributed by atoms with E-state index in [0.717, 1.165) is 16.9 Å². The zero-order valence-electron chi connectivity index (χ0n) is 16.1. The summed E-state index contributed by atoms with van der Waals surface area (Å²) >= 11 is 0. The van der Waals surface area contributed by atoms with E-state index in [9.17, 15) is 4.79 Å². The second-order valence-electron chi connectivity index (χ2n) is 6.23. The fourth-order valence-electron chi connectivity index (χ4n) is 2.82. The highest BCUT2D eigenvalue weighted by Gasteiger charge is 2.13. The number of carbonyl (C=O) groups excluding carboxylic acids is 1. The van der Waals surface area contributed by atoms with Crippen LogP contribution in [-0.2, 0) is 0 Å². The van der Waals surface area contributed by atoms with Crippen molar-refractivity contribution in [3.05, 3.63) is 84.9 Å². The number of ether oxygens (including phenoxy) is 1. The van der Waals surface area contributed by atoms with Crippen LogP contribution < -0.4 is 15.4 Å². The van der Waals surface area contributed by atoms with Crippen molar-refractivity contribution in [1.82, 2.24) is 19.9 Å². The number of carbonyl (C=O) groups is 1. The van der Waals surface area contributed by atoms with Crippen LogP contribution in [0.4, 0.5) is 17.3 Å². The molecule has 30 heavy (non-hydrogen) atoms. The maximum absolute atomic E-state index is 12.6. The monoisotopic (exact) mass is 398 g/mol. The van der Waals surface area contributed by atoms with E-state index in [1.807, 2.05) is 30.3 Å². The molecule has 3 heterocycles. The Labute approximate surface area is 173 Å². The van der Waals surface area contributed by atoms with Gasteiger partial charge in [0.05, 0.1) is 12.8 Å². The highest BCUT2D eigenvalue weighted by Crippen LogP contribution is 2.22. The summed E-state index contributed by atoms with van der Waals surface area (Å²) in [6, 6.07) is 16.2. The van der Waals surface area contributed by atoms with Gasteiger partial charge in [0.1, 0.15) is 5.56 Å². The number of nitrogens with one attached hydrogen (secondary N) is 2.